The van der Waals surface area contributed by atoms with Crippen LogP contribution in [-0.4, -0.2) is 31.6 Å². The summed E-state index contributed by atoms with van der Waals surface area (Å²) in [5.74, 6) is -0.250. The van der Waals surface area contributed by atoms with E-state index in [1.165, 1.54) is 4.31 Å². The van der Waals surface area contributed by atoms with Gasteiger partial charge in [-0.15, -0.1) is 0 Å². The van der Waals surface area contributed by atoms with Gasteiger partial charge in [0, 0.05) is 24.6 Å². The molecule has 1 fully saturated rings. The quantitative estimate of drug-likeness (QED) is 0.801. The van der Waals surface area contributed by atoms with Crippen molar-refractivity contribution in [1.29, 1.82) is 0 Å². The van der Waals surface area contributed by atoms with Gasteiger partial charge in [-0.05, 0) is 37.5 Å². The second-order valence-corrected chi connectivity index (χ2v) is 8.19. The molecule has 5 heteroatoms. The van der Waals surface area contributed by atoms with Gasteiger partial charge in [-0.25, -0.2) is 8.42 Å². The lowest BCUT2D eigenvalue weighted by Crippen LogP contribution is -2.42. The van der Waals surface area contributed by atoms with Gasteiger partial charge in [-0.1, -0.05) is 42.5 Å². The molecule has 0 aliphatic carbocycles. The number of sulfonamides is 1. The van der Waals surface area contributed by atoms with Crippen LogP contribution in [0.15, 0.2) is 59.5 Å². The number of Topliss-reactive ketones (excluding diaryl/α,β-unsaturated/α-hetero) is 1. The van der Waals surface area contributed by atoms with Gasteiger partial charge in [0.2, 0.25) is 10.0 Å². The van der Waals surface area contributed by atoms with Crippen molar-refractivity contribution in [2.24, 2.45) is 5.92 Å². The highest BCUT2D eigenvalue weighted by Gasteiger charge is 2.33. The Bertz CT molecular complexity index is 831. The molecule has 3 rings (SSSR count). The fourth-order valence-corrected chi connectivity index (χ4v) is 4.77. The predicted molar refractivity (Wildman–Crippen MR) is 93.4 cm³/mol. The monoisotopic (exact) mass is 343 g/mol. The number of ketones is 1. The number of carbonyl (C=O) groups is 1. The van der Waals surface area contributed by atoms with E-state index in [1.54, 1.807) is 30.3 Å². The van der Waals surface area contributed by atoms with Crippen molar-refractivity contribution in [3.8, 4) is 0 Å². The van der Waals surface area contributed by atoms with Crippen LogP contribution >= 0.6 is 0 Å². The molecule has 0 radical (unpaired) electrons. The molecular weight excluding hydrogens is 322 g/mol. The summed E-state index contributed by atoms with van der Waals surface area (Å²) in [6.07, 6.45) is 1.43. The van der Waals surface area contributed by atoms with E-state index in [0.29, 0.717) is 23.4 Å². The fraction of sp³-hybridized carbons (Fsp3) is 0.316. The molecule has 4 nitrogen and oxygen atoms in total. The minimum absolute atomic E-state index is 0.0275. The Morgan fingerprint density at radius 2 is 1.83 bits per heavy atom. The SMILES string of the molecule is Cc1cccc(S(=O)(=O)N2CCCC(C(=O)c3ccccc3)C2)c1. The summed E-state index contributed by atoms with van der Waals surface area (Å²) in [4.78, 5) is 12.9. The van der Waals surface area contributed by atoms with Gasteiger partial charge < -0.3 is 0 Å². The van der Waals surface area contributed by atoms with E-state index in [1.807, 2.05) is 31.2 Å². The lowest BCUT2D eigenvalue weighted by Gasteiger charge is -2.31. The molecule has 0 amide bonds. The molecule has 0 N–H and O–H groups in total. The maximum atomic E-state index is 12.9. The lowest BCUT2D eigenvalue weighted by molar-refractivity contribution is 0.0872. The van der Waals surface area contributed by atoms with Crippen molar-refractivity contribution in [3.05, 3.63) is 65.7 Å². The third kappa shape index (κ3) is 3.42. The summed E-state index contributed by atoms with van der Waals surface area (Å²) in [6, 6.07) is 16.0. The van der Waals surface area contributed by atoms with E-state index < -0.39 is 10.0 Å². The summed E-state index contributed by atoms with van der Waals surface area (Å²) in [6.45, 7) is 2.59. The second kappa shape index (κ2) is 6.87. The van der Waals surface area contributed by atoms with Crippen LogP contribution < -0.4 is 0 Å². The van der Waals surface area contributed by atoms with E-state index in [2.05, 4.69) is 0 Å². The molecule has 126 valence electrons. The number of nitrogens with zero attached hydrogens (tertiary/aromatic N) is 1. The van der Waals surface area contributed by atoms with Gasteiger partial charge in [0.1, 0.15) is 0 Å². The Morgan fingerprint density at radius 1 is 1.08 bits per heavy atom. The number of aryl methyl sites for hydroxylation is 1. The summed E-state index contributed by atoms with van der Waals surface area (Å²) >= 11 is 0. The van der Waals surface area contributed by atoms with Crippen LogP contribution in [0.4, 0.5) is 0 Å². The highest BCUT2D eigenvalue weighted by Crippen LogP contribution is 2.26. The molecule has 24 heavy (non-hydrogen) atoms. The maximum Gasteiger partial charge on any atom is 0.243 e. The fourth-order valence-electron chi connectivity index (χ4n) is 3.14. The van der Waals surface area contributed by atoms with Crippen LogP contribution in [0.2, 0.25) is 0 Å². The maximum absolute atomic E-state index is 12.9. The Morgan fingerprint density at radius 3 is 2.54 bits per heavy atom. The number of benzene rings is 2. The molecule has 0 saturated carbocycles. The minimum Gasteiger partial charge on any atom is -0.294 e. The van der Waals surface area contributed by atoms with Gasteiger partial charge in [-0.2, -0.15) is 4.31 Å². The first-order valence-corrected chi connectivity index (χ1v) is 9.58. The van der Waals surface area contributed by atoms with Gasteiger partial charge >= 0.3 is 0 Å². The lowest BCUT2D eigenvalue weighted by atomic mass is 9.91. The molecule has 1 unspecified atom stereocenters. The topological polar surface area (TPSA) is 54.5 Å². The molecule has 1 aliphatic rings. The third-order valence-corrected chi connectivity index (χ3v) is 6.30. The summed E-state index contributed by atoms with van der Waals surface area (Å²) in [7, 11) is -3.55. The van der Waals surface area contributed by atoms with E-state index >= 15 is 0 Å². The van der Waals surface area contributed by atoms with Crippen molar-refractivity contribution in [2.75, 3.05) is 13.1 Å². The Hall–Kier alpha value is -1.98. The molecule has 1 aliphatic heterocycles. The molecular formula is C19H21NO3S. The molecule has 2 aromatic carbocycles. The number of carbonyl (C=O) groups excluding carboxylic acids is 1. The predicted octanol–water partition coefficient (Wildman–Crippen LogP) is 3.28. The van der Waals surface area contributed by atoms with E-state index in [9.17, 15) is 13.2 Å². The van der Waals surface area contributed by atoms with Gasteiger partial charge in [0.25, 0.3) is 0 Å². The van der Waals surface area contributed by atoms with Crippen LogP contribution in [-0.2, 0) is 10.0 Å². The average Bonchev–Trinajstić information content (AvgIpc) is 2.62. The van der Waals surface area contributed by atoms with Gasteiger partial charge in [0.15, 0.2) is 5.78 Å². The standard InChI is InChI=1S/C19H21NO3S/c1-15-7-5-11-18(13-15)24(22,23)20-12-6-10-17(14-20)19(21)16-8-3-2-4-9-16/h2-5,7-9,11,13,17H,6,10,12,14H2,1H3. The van der Waals surface area contributed by atoms with Crippen molar-refractivity contribution in [1.82, 2.24) is 4.31 Å². The molecule has 1 heterocycles. The normalized spacial score (nSPS) is 19.1. The van der Waals surface area contributed by atoms with Crippen molar-refractivity contribution in [2.45, 2.75) is 24.7 Å². The zero-order valence-electron chi connectivity index (χ0n) is 13.7. The highest BCUT2D eigenvalue weighted by atomic mass is 32.2. The summed E-state index contributed by atoms with van der Waals surface area (Å²) in [5, 5.41) is 0. The molecule has 1 atom stereocenters. The Balaban J connectivity index is 1.82. The van der Waals surface area contributed by atoms with Crippen LogP contribution in [0.3, 0.4) is 0 Å². The average molecular weight is 343 g/mol. The molecule has 1 saturated heterocycles. The first-order chi connectivity index (χ1) is 11.5. The van der Waals surface area contributed by atoms with Gasteiger partial charge in [-0.3, -0.25) is 4.79 Å². The number of hydrogen-bond donors (Lipinski definition) is 0. The Kier molecular flexibility index (Phi) is 4.83. The minimum atomic E-state index is -3.55. The number of piperidine rings is 1. The van der Waals surface area contributed by atoms with Crippen LogP contribution in [0.5, 0.6) is 0 Å². The first kappa shape index (κ1) is 16.9. The van der Waals surface area contributed by atoms with Crippen molar-refractivity contribution < 1.29 is 13.2 Å². The van der Waals surface area contributed by atoms with Gasteiger partial charge in [0.05, 0.1) is 4.90 Å². The molecule has 0 spiro atoms. The zero-order chi connectivity index (χ0) is 17.2. The highest BCUT2D eigenvalue weighted by molar-refractivity contribution is 7.89. The first-order valence-electron chi connectivity index (χ1n) is 8.14. The van der Waals surface area contributed by atoms with Crippen LogP contribution in [0, 0.1) is 12.8 Å². The smallest absolute Gasteiger partial charge is 0.243 e. The molecule has 0 bridgehead atoms. The second-order valence-electron chi connectivity index (χ2n) is 6.25. The third-order valence-electron chi connectivity index (χ3n) is 4.44. The largest absolute Gasteiger partial charge is 0.294 e. The van der Waals surface area contributed by atoms with Crippen molar-refractivity contribution in [3.63, 3.8) is 0 Å². The zero-order valence-corrected chi connectivity index (χ0v) is 14.5. The van der Waals surface area contributed by atoms with Crippen LogP contribution in [0.25, 0.3) is 0 Å². The van der Waals surface area contributed by atoms with Crippen molar-refractivity contribution >= 4 is 15.8 Å². The molecule has 2 aromatic rings. The van der Waals surface area contributed by atoms with E-state index in [-0.39, 0.29) is 18.2 Å². The van der Waals surface area contributed by atoms with Crippen LogP contribution in [0.1, 0.15) is 28.8 Å². The van der Waals surface area contributed by atoms with E-state index in [0.717, 1.165) is 12.0 Å². The van der Waals surface area contributed by atoms with E-state index in [4.69, 9.17) is 0 Å². The number of rotatable bonds is 4. The summed E-state index contributed by atoms with van der Waals surface area (Å²) in [5.41, 5.74) is 1.56. The number of hydrogen-bond acceptors (Lipinski definition) is 3. The molecule has 0 aromatic heterocycles. The Labute approximate surface area is 143 Å². The summed E-state index contributed by atoms with van der Waals surface area (Å²) < 4.78 is 27.2.